The van der Waals surface area contributed by atoms with Crippen molar-refractivity contribution in [3.8, 4) is 0 Å². The number of carbonyl (C=O) groups excluding carboxylic acids is 1. The van der Waals surface area contributed by atoms with Crippen LogP contribution in [0.2, 0.25) is 0 Å². The molecule has 0 saturated heterocycles. The summed E-state index contributed by atoms with van der Waals surface area (Å²) < 4.78 is 0. The number of fused-ring (bicyclic) bond motifs is 3. The Morgan fingerprint density at radius 2 is 1.95 bits per heavy atom. The van der Waals surface area contributed by atoms with Crippen LogP contribution in [-0.2, 0) is 0 Å². The summed E-state index contributed by atoms with van der Waals surface area (Å²) in [6.07, 6.45) is 3.59. The van der Waals surface area contributed by atoms with Gasteiger partial charge in [0, 0.05) is 22.3 Å². The highest BCUT2D eigenvalue weighted by Gasteiger charge is 2.13. The van der Waals surface area contributed by atoms with Crippen LogP contribution in [0.5, 0.6) is 0 Å². The smallest absolute Gasteiger partial charge is 0.270 e. The molecule has 0 atom stereocenters. The van der Waals surface area contributed by atoms with E-state index in [2.05, 4.69) is 35.2 Å². The largest absolute Gasteiger partial charge is 0.353 e. The third kappa shape index (κ3) is 2.49. The first-order chi connectivity index (χ1) is 10.2. The maximum atomic E-state index is 12.3. The molecule has 0 aliphatic heterocycles. The molecule has 0 bridgehead atoms. The summed E-state index contributed by atoms with van der Waals surface area (Å²) >= 11 is 0. The van der Waals surface area contributed by atoms with E-state index in [1.807, 2.05) is 24.3 Å². The van der Waals surface area contributed by atoms with E-state index in [-0.39, 0.29) is 11.9 Å². The monoisotopic (exact) mass is 281 g/mol. The first-order valence-corrected chi connectivity index (χ1v) is 7.40. The second-order valence-electron chi connectivity index (χ2n) is 5.27. The van der Waals surface area contributed by atoms with E-state index < -0.39 is 0 Å². The van der Waals surface area contributed by atoms with Gasteiger partial charge in [0.15, 0.2) is 0 Å². The fraction of sp³-hybridized carbons (Fsp3) is 0.294. The number of aromatic amines is 1. The molecule has 108 valence electrons. The van der Waals surface area contributed by atoms with Crippen molar-refractivity contribution < 1.29 is 4.79 Å². The molecule has 2 N–H and O–H groups in total. The second-order valence-corrected chi connectivity index (χ2v) is 5.27. The molecule has 0 aliphatic carbocycles. The number of pyridine rings is 1. The van der Waals surface area contributed by atoms with Crippen LogP contribution in [0.3, 0.4) is 0 Å². The highest BCUT2D eigenvalue weighted by Crippen LogP contribution is 2.24. The SMILES string of the molecule is CCC(CC)NC(=O)c1cc2c(cn1)[nH]c1ccccc12. The van der Waals surface area contributed by atoms with Crippen molar-refractivity contribution in [1.29, 1.82) is 0 Å². The van der Waals surface area contributed by atoms with Gasteiger partial charge in [-0.15, -0.1) is 0 Å². The standard InChI is InChI=1S/C17H19N3O/c1-3-11(4-2)19-17(21)15-9-13-12-7-5-6-8-14(12)20-16(13)10-18-15/h5-11,20H,3-4H2,1-2H3,(H,19,21). The molecule has 0 spiro atoms. The minimum absolute atomic E-state index is 0.101. The molecule has 0 saturated carbocycles. The zero-order valence-corrected chi connectivity index (χ0v) is 12.3. The molecule has 2 aromatic heterocycles. The van der Waals surface area contributed by atoms with Crippen LogP contribution in [0.25, 0.3) is 21.8 Å². The number of para-hydroxylation sites is 1. The van der Waals surface area contributed by atoms with E-state index in [9.17, 15) is 4.79 Å². The second kappa shape index (κ2) is 5.56. The van der Waals surface area contributed by atoms with E-state index in [1.165, 1.54) is 0 Å². The molecule has 2 heterocycles. The number of hydrogen-bond acceptors (Lipinski definition) is 2. The van der Waals surface area contributed by atoms with Gasteiger partial charge < -0.3 is 10.3 Å². The minimum atomic E-state index is -0.101. The van der Waals surface area contributed by atoms with E-state index in [0.29, 0.717) is 5.69 Å². The van der Waals surface area contributed by atoms with Gasteiger partial charge in [0.2, 0.25) is 0 Å². The summed E-state index contributed by atoms with van der Waals surface area (Å²) in [5, 5.41) is 5.18. The maximum Gasteiger partial charge on any atom is 0.270 e. The Morgan fingerprint density at radius 1 is 1.19 bits per heavy atom. The molecule has 0 fully saturated rings. The molecule has 3 aromatic rings. The number of nitrogens with one attached hydrogen (secondary N) is 2. The van der Waals surface area contributed by atoms with Crippen molar-refractivity contribution in [3.05, 3.63) is 42.2 Å². The van der Waals surface area contributed by atoms with Gasteiger partial charge in [-0.2, -0.15) is 0 Å². The normalized spacial score (nSPS) is 11.4. The molecule has 3 rings (SSSR count). The Kier molecular flexibility index (Phi) is 3.60. The first-order valence-electron chi connectivity index (χ1n) is 7.40. The van der Waals surface area contributed by atoms with Crippen LogP contribution in [0.1, 0.15) is 37.2 Å². The number of benzene rings is 1. The Labute approximate surface area is 123 Å². The highest BCUT2D eigenvalue weighted by molar-refractivity contribution is 6.09. The minimum Gasteiger partial charge on any atom is -0.353 e. The number of nitrogens with zero attached hydrogens (tertiary/aromatic N) is 1. The van der Waals surface area contributed by atoms with Gasteiger partial charge in [-0.3, -0.25) is 4.79 Å². The van der Waals surface area contributed by atoms with Gasteiger partial charge >= 0.3 is 0 Å². The van der Waals surface area contributed by atoms with Crippen LogP contribution in [-0.4, -0.2) is 21.9 Å². The van der Waals surface area contributed by atoms with Gasteiger partial charge in [0.25, 0.3) is 5.91 Å². The molecule has 0 unspecified atom stereocenters. The third-order valence-corrected chi connectivity index (χ3v) is 3.94. The fourth-order valence-electron chi connectivity index (χ4n) is 2.63. The molecular weight excluding hydrogens is 262 g/mol. The zero-order chi connectivity index (χ0) is 14.8. The highest BCUT2D eigenvalue weighted by atomic mass is 16.1. The van der Waals surface area contributed by atoms with Crippen molar-refractivity contribution in [2.45, 2.75) is 32.7 Å². The molecule has 1 amide bonds. The van der Waals surface area contributed by atoms with Crippen LogP contribution in [0.4, 0.5) is 0 Å². The number of amides is 1. The van der Waals surface area contributed by atoms with Crippen molar-refractivity contribution in [2.24, 2.45) is 0 Å². The van der Waals surface area contributed by atoms with Crippen molar-refractivity contribution in [3.63, 3.8) is 0 Å². The number of H-pyrrole nitrogens is 1. The topological polar surface area (TPSA) is 57.8 Å². The van der Waals surface area contributed by atoms with Crippen LogP contribution >= 0.6 is 0 Å². The number of carbonyl (C=O) groups is 1. The lowest BCUT2D eigenvalue weighted by Gasteiger charge is -2.14. The maximum absolute atomic E-state index is 12.3. The van der Waals surface area contributed by atoms with Crippen LogP contribution in [0.15, 0.2) is 36.5 Å². The lowest BCUT2D eigenvalue weighted by Crippen LogP contribution is -2.34. The van der Waals surface area contributed by atoms with Gasteiger partial charge in [0.05, 0.1) is 11.7 Å². The number of rotatable bonds is 4. The lowest BCUT2D eigenvalue weighted by atomic mass is 10.1. The van der Waals surface area contributed by atoms with Gasteiger partial charge in [-0.25, -0.2) is 4.98 Å². The van der Waals surface area contributed by atoms with Crippen molar-refractivity contribution >= 4 is 27.7 Å². The van der Waals surface area contributed by atoms with E-state index in [4.69, 9.17) is 0 Å². The molecule has 0 aliphatic rings. The van der Waals surface area contributed by atoms with E-state index in [1.54, 1.807) is 6.20 Å². The van der Waals surface area contributed by atoms with E-state index >= 15 is 0 Å². The average Bonchev–Trinajstić information content (AvgIpc) is 2.90. The summed E-state index contributed by atoms with van der Waals surface area (Å²) in [7, 11) is 0. The third-order valence-electron chi connectivity index (χ3n) is 3.94. The Morgan fingerprint density at radius 3 is 2.71 bits per heavy atom. The summed E-state index contributed by atoms with van der Waals surface area (Å²) in [6.45, 7) is 4.15. The molecule has 4 heteroatoms. The Balaban J connectivity index is 2.00. The van der Waals surface area contributed by atoms with E-state index in [0.717, 1.165) is 34.6 Å². The fourth-order valence-corrected chi connectivity index (χ4v) is 2.63. The van der Waals surface area contributed by atoms with Gasteiger partial charge in [-0.05, 0) is 25.0 Å². The first kappa shape index (κ1) is 13.6. The molecule has 0 radical (unpaired) electrons. The van der Waals surface area contributed by atoms with Gasteiger partial charge in [0.1, 0.15) is 5.69 Å². The zero-order valence-electron chi connectivity index (χ0n) is 12.3. The van der Waals surface area contributed by atoms with Crippen molar-refractivity contribution in [1.82, 2.24) is 15.3 Å². The predicted molar refractivity (Wildman–Crippen MR) is 85.4 cm³/mol. The van der Waals surface area contributed by atoms with Crippen molar-refractivity contribution in [2.75, 3.05) is 0 Å². The molecular formula is C17H19N3O. The summed E-state index contributed by atoms with van der Waals surface area (Å²) in [5.41, 5.74) is 2.49. The summed E-state index contributed by atoms with van der Waals surface area (Å²) in [5.74, 6) is -0.101. The van der Waals surface area contributed by atoms with Crippen LogP contribution in [0, 0.1) is 0 Å². The molecule has 21 heavy (non-hydrogen) atoms. The quantitative estimate of drug-likeness (QED) is 0.767. The summed E-state index contributed by atoms with van der Waals surface area (Å²) in [6, 6.07) is 10.1. The Hall–Kier alpha value is -2.36. The number of aromatic nitrogens is 2. The lowest BCUT2D eigenvalue weighted by molar-refractivity contribution is 0.0930. The Bertz CT molecular complexity index is 787. The van der Waals surface area contributed by atoms with Gasteiger partial charge in [-0.1, -0.05) is 32.0 Å². The number of hydrogen-bond donors (Lipinski definition) is 2. The average molecular weight is 281 g/mol. The van der Waals surface area contributed by atoms with Crippen LogP contribution < -0.4 is 5.32 Å². The molecule has 4 nitrogen and oxygen atoms in total. The molecule has 1 aromatic carbocycles. The predicted octanol–water partition coefficient (Wildman–Crippen LogP) is 3.63. The summed E-state index contributed by atoms with van der Waals surface area (Å²) in [4.78, 5) is 19.9.